The molecule has 6 heteroatoms. The van der Waals surface area contributed by atoms with Crippen LogP contribution in [0, 0.1) is 13.8 Å². The van der Waals surface area contributed by atoms with Gasteiger partial charge in [0.1, 0.15) is 11.8 Å². The fourth-order valence-electron chi connectivity index (χ4n) is 1.63. The van der Waals surface area contributed by atoms with Crippen LogP contribution in [0.2, 0.25) is 0 Å². The molecule has 0 aliphatic carbocycles. The van der Waals surface area contributed by atoms with E-state index in [0.717, 1.165) is 30.2 Å². The van der Waals surface area contributed by atoms with Gasteiger partial charge in [0.25, 0.3) is 5.22 Å². The van der Waals surface area contributed by atoms with E-state index in [1.54, 1.807) is 0 Å². The maximum absolute atomic E-state index is 11.8. The number of aromatic nitrogens is 1. The number of carbonyl (C=O) groups excluding carboxylic acids is 1. The Labute approximate surface area is 124 Å². The summed E-state index contributed by atoms with van der Waals surface area (Å²) in [7, 11) is 0. The number of rotatable bonds is 9. The summed E-state index contributed by atoms with van der Waals surface area (Å²) in [5.74, 6) is 1.43. The molecule has 0 spiro atoms. The van der Waals surface area contributed by atoms with Crippen LogP contribution in [0.15, 0.2) is 9.64 Å². The van der Waals surface area contributed by atoms with Crippen molar-refractivity contribution in [1.82, 2.24) is 10.3 Å². The molecule has 0 aliphatic heterocycles. The van der Waals surface area contributed by atoms with Crippen LogP contribution in [0.25, 0.3) is 0 Å². The minimum absolute atomic E-state index is 0.179. The van der Waals surface area contributed by atoms with Crippen molar-refractivity contribution >= 4 is 17.7 Å². The average Bonchev–Trinajstić information content (AvgIpc) is 2.73. The molecule has 0 bridgehead atoms. The molecule has 0 radical (unpaired) electrons. The second-order valence-corrected chi connectivity index (χ2v) is 5.56. The minimum Gasteiger partial charge on any atom is -0.465 e. The maximum atomic E-state index is 11.8. The Bertz CT molecular complexity index is 401. The molecular weight excluding hydrogens is 276 g/mol. The predicted octanol–water partition coefficient (Wildman–Crippen LogP) is 2.70. The van der Waals surface area contributed by atoms with Gasteiger partial charge in [-0.3, -0.25) is 4.79 Å². The van der Waals surface area contributed by atoms with E-state index in [4.69, 9.17) is 9.15 Å². The Morgan fingerprint density at radius 3 is 2.75 bits per heavy atom. The summed E-state index contributed by atoms with van der Waals surface area (Å²) >= 11 is 1.53. The van der Waals surface area contributed by atoms with Gasteiger partial charge in [-0.2, -0.15) is 0 Å². The van der Waals surface area contributed by atoms with Crippen LogP contribution in [0.3, 0.4) is 0 Å². The summed E-state index contributed by atoms with van der Waals surface area (Å²) in [5, 5.41) is 3.88. The van der Waals surface area contributed by atoms with Gasteiger partial charge in [-0.05, 0) is 40.2 Å². The second-order valence-electron chi connectivity index (χ2n) is 4.52. The summed E-state index contributed by atoms with van der Waals surface area (Å²) in [6, 6.07) is -0.250. The standard InChI is InChI=1S/C14H24N2O3S/c1-5-8-15-12(13(17)18-6-2)7-9-20-14-16-10(3)11(4)19-14/h12,15H,5-9H2,1-4H3. The molecule has 0 amide bonds. The molecular formula is C14H24N2O3S. The zero-order valence-corrected chi connectivity index (χ0v) is 13.5. The number of thioether (sulfide) groups is 1. The third-order valence-corrected chi connectivity index (χ3v) is 3.71. The second kappa shape index (κ2) is 9.02. The van der Waals surface area contributed by atoms with Crippen LogP contribution in [0.4, 0.5) is 0 Å². The lowest BCUT2D eigenvalue weighted by Gasteiger charge is -2.16. The van der Waals surface area contributed by atoms with Crippen LogP contribution in [-0.2, 0) is 9.53 Å². The van der Waals surface area contributed by atoms with Gasteiger partial charge in [-0.15, -0.1) is 0 Å². The van der Waals surface area contributed by atoms with E-state index in [9.17, 15) is 4.79 Å². The Kier molecular flexibility index (Phi) is 7.69. The first-order valence-corrected chi connectivity index (χ1v) is 8.03. The molecule has 1 aromatic rings. The first-order valence-electron chi connectivity index (χ1n) is 7.05. The molecule has 1 heterocycles. The molecule has 114 valence electrons. The molecule has 5 nitrogen and oxygen atoms in total. The number of esters is 1. The fourth-order valence-corrected chi connectivity index (χ4v) is 2.55. The summed E-state index contributed by atoms with van der Waals surface area (Å²) in [6.45, 7) is 8.94. The lowest BCUT2D eigenvalue weighted by atomic mass is 10.2. The molecule has 0 aromatic carbocycles. The zero-order valence-electron chi connectivity index (χ0n) is 12.7. The zero-order chi connectivity index (χ0) is 15.0. The fraction of sp³-hybridized carbons (Fsp3) is 0.714. The number of ether oxygens (including phenoxy) is 1. The lowest BCUT2D eigenvalue weighted by molar-refractivity contribution is -0.145. The van der Waals surface area contributed by atoms with Crippen molar-refractivity contribution in [3.63, 3.8) is 0 Å². The summed E-state index contributed by atoms with van der Waals surface area (Å²) < 4.78 is 10.6. The third kappa shape index (κ3) is 5.54. The first kappa shape index (κ1) is 17.0. The molecule has 1 aromatic heterocycles. The van der Waals surface area contributed by atoms with Crippen LogP contribution < -0.4 is 5.32 Å². The van der Waals surface area contributed by atoms with Crippen molar-refractivity contribution in [1.29, 1.82) is 0 Å². The molecule has 0 aliphatic rings. The van der Waals surface area contributed by atoms with Crippen molar-refractivity contribution in [2.45, 2.75) is 51.8 Å². The number of nitrogens with zero attached hydrogens (tertiary/aromatic N) is 1. The van der Waals surface area contributed by atoms with Gasteiger partial charge < -0.3 is 14.5 Å². The SMILES string of the molecule is CCCNC(CCSc1nc(C)c(C)o1)C(=O)OCC. The van der Waals surface area contributed by atoms with Gasteiger partial charge in [0.05, 0.1) is 12.3 Å². The van der Waals surface area contributed by atoms with Crippen molar-refractivity contribution in [2.75, 3.05) is 18.9 Å². The number of nitrogens with one attached hydrogen (secondary N) is 1. The van der Waals surface area contributed by atoms with Crippen molar-refractivity contribution in [2.24, 2.45) is 0 Å². The van der Waals surface area contributed by atoms with E-state index < -0.39 is 0 Å². The summed E-state index contributed by atoms with van der Waals surface area (Å²) in [5.41, 5.74) is 0.915. The van der Waals surface area contributed by atoms with E-state index in [0.29, 0.717) is 18.3 Å². The highest BCUT2D eigenvalue weighted by Gasteiger charge is 2.19. The lowest BCUT2D eigenvalue weighted by Crippen LogP contribution is -2.39. The summed E-state index contributed by atoms with van der Waals surface area (Å²) in [6.07, 6.45) is 1.69. The molecule has 1 unspecified atom stereocenters. The molecule has 0 fully saturated rings. The molecule has 0 saturated heterocycles. The van der Waals surface area contributed by atoms with Gasteiger partial charge in [-0.1, -0.05) is 18.7 Å². The number of oxazole rings is 1. The van der Waals surface area contributed by atoms with E-state index >= 15 is 0 Å². The topological polar surface area (TPSA) is 64.4 Å². The van der Waals surface area contributed by atoms with Crippen molar-refractivity contribution < 1.29 is 13.9 Å². The molecule has 20 heavy (non-hydrogen) atoms. The van der Waals surface area contributed by atoms with E-state index in [-0.39, 0.29) is 12.0 Å². The molecule has 0 saturated carbocycles. The molecule has 1 rings (SSSR count). The Balaban J connectivity index is 2.42. The highest BCUT2D eigenvalue weighted by atomic mass is 32.2. The molecule has 1 atom stereocenters. The Morgan fingerprint density at radius 2 is 2.20 bits per heavy atom. The largest absolute Gasteiger partial charge is 0.465 e. The van der Waals surface area contributed by atoms with Crippen LogP contribution in [0.1, 0.15) is 38.1 Å². The monoisotopic (exact) mass is 300 g/mol. The van der Waals surface area contributed by atoms with Crippen molar-refractivity contribution in [3.8, 4) is 0 Å². The summed E-state index contributed by atoms with van der Waals surface area (Å²) in [4.78, 5) is 16.1. The van der Waals surface area contributed by atoms with Gasteiger partial charge in [0.15, 0.2) is 0 Å². The number of carbonyl (C=O) groups is 1. The van der Waals surface area contributed by atoms with Crippen LogP contribution >= 0.6 is 11.8 Å². The van der Waals surface area contributed by atoms with Crippen LogP contribution in [0.5, 0.6) is 0 Å². The van der Waals surface area contributed by atoms with Crippen LogP contribution in [-0.4, -0.2) is 35.9 Å². The highest BCUT2D eigenvalue weighted by molar-refractivity contribution is 7.99. The van der Waals surface area contributed by atoms with E-state index in [1.165, 1.54) is 11.8 Å². The highest BCUT2D eigenvalue weighted by Crippen LogP contribution is 2.21. The van der Waals surface area contributed by atoms with Gasteiger partial charge in [0.2, 0.25) is 0 Å². The first-order chi connectivity index (χ1) is 9.58. The minimum atomic E-state index is -0.250. The van der Waals surface area contributed by atoms with Gasteiger partial charge in [0, 0.05) is 5.75 Å². The van der Waals surface area contributed by atoms with Gasteiger partial charge in [-0.25, -0.2) is 4.98 Å². The van der Waals surface area contributed by atoms with Crippen molar-refractivity contribution in [3.05, 3.63) is 11.5 Å². The molecule has 1 N–H and O–H groups in total. The number of hydrogen-bond acceptors (Lipinski definition) is 6. The van der Waals surface area contributed by atoms with E-state index in [1.807, 2.05) is 20.8 Å². The maximum Gasteiger partial charge on any atom is 0.323 e. The smallest absolute Gasteiger partial charge is 0.323 e. The predicted molar refractivity (Wildman–Crippen MR) is 80.0 cm³/mol. The normalized spacial score (nSPS) is 12.4. The van der Waals surface area contributed by atoms with Gasteiger partial charge >= 0.3 is 5.97 Å². The quantitative estimate of drug-likeness (QED) is 0.559. The average molecular weight is 300 g/mol. The number of aryl methyl sites for hydroxylation is 2. The Hall–Kier alpha value is -1.01. The number of hydrogen-bond donors (Lipinski definition) is 1. The Morgan fingerprint density at radius 1 is 1.45 bits per heavy atom. The third-order valence-electron chi connectivity index (χ3n) is 2.85. The van der Waals surface area contributed by atoms with E-state index in [2.05, 4.69) is 17.2 Å².